The molecule has 1 heterocycles. The molecule has 0 bridgehead atoms. The third-order valence-corrected chi connectivity index (χ3v) is 1.94. The molecule has 2 rings (SSSR count). The zero-order valence-corrected chi connectivity index (χ0v) is 7.78. The lowest BCUT2D eigenvalue weighted by atomic mass is 10.3. The average molecular weight is 190 g/mol. The summed E-state index contributed by atoms with van der Waals surface area (Å²) < 4.78 is 5.08. The van der Waals surface area contributed by atoms with Gasteiger partial charge in [0.2, 0.25) is 5.91 Å². The zero-order valence-electron chi connectivity index (χ0n) is 7.78. The summed E-state index contributed by atoms with van der Waals surface area (Å²) in [4.78, 5) is 15.1. The molecule has 0 fully saturated rings. The van der Waals surface area contributed by atoms with Crippen LogP contribution < -0.4 is 5.32 Å². The van der Waals surface area contributed by atoms with Crippen LogP contribution in [0.1, 0.15) is 13.3 Å². The molecule has 0 aliphatic carbocycles. The van der Waals surface area contributed by atoms with Crippen LogP contribution in [0.3, 0.4) is 0 Å². The largest absolute Gasteiger partial charge is 0.443 e. The van der Waals surface area contributed by atoms with Gasteiger partial charge in [0, 0.05) is 12.1 Å². The zero-order chi connectivity index (χ0) is 9.97. The first-order valence-electron chi connectivity index (χ1n) is 4.42. The molecule has 0 saturated heterocycles. The highest BCUT2D eigenvalue weighted by Crippen LogP contribution is 2.17. The maximum atomic E-state index is 11.1. The van der Waals surface area contributed by atoms with E-state index >= 15 is 0 Å². The van der Waals surface area contributed by atoms with Crippen molar-refractivity contribution in [2.45, 2.75) is 13.3 Å². The van der Waals surface area contributed by atoms with E-state index in [-0.39, 0.29) is 5.91 Å². The van der Waals surface area contributed by atoms with Gasteiger partial charge in [-0.1, -0.05) is 6.92 Å². The van der Waals surface area contributed by atoms with Crippen molar-refractivity contribution < 1.29 is 9.21 Å². The number of rotatable bonds is 2. The van der Waals surface area contributed by atoms with Crippen LogP contribution in [0.15, 0.2) is 29.0 Å². The predicted molar refractivity (Wildman–Crippen MR) is 52.9 cm³/mol. The van der Waals surface area contributed by atoms with E-state index in [1.807, 2.05) is 6.92 Å². The van der Waals surface area contributed by atoms with E-state index in [0.29, 0.717) is 6.42 Å². The molecule has 0 spiro atoms. The molecule has 2 aromatic rings. The molecule has 0 aliphatic heterocycles. The second kappa shape index (κ2) is 3.49. The maximum Gasteiger partial charge on any atom is 0.224 e. The van der Waals surface area contributed by atoms with Gasteiger partial charge in [0.25, 0.3) is 0 Å². The van der Waals surface area contributed by atoms with Crippen LogP contribution in [0.2, 0.25) is 0 Å². The Kier molecular flexibility index (Phi) is 2.18. The van der Waals surface area contributed by atoms with Crippen LogP contribution in [0.5, 0.6) is 0 Å². The first-order valence-corrected chi connectivity index (χ1v) is 4.42. The van der Waals surface area contributed by atoms with Crippen LogP contribution in [0.4, 0.5) is 5.69 Å². The van der Waals surface area contributed by atoms with Crippen LogP contribution in [-0.4, -0.2) is 10.9 Å². The number of amides is 1. The summed E-state index contributed by atoms with van der Waals surface area (Å²) in [7, 11) is 0. The van der Waals surface area contributed by atoms with E-state index in [4.69, 9.17) is 4.42 Å². The van der Waals surface area contributed by atoms with Gasteiger partial charge in [0.1, 0.15) is 5.52 Å². The van der Waals surface area contributed by atoms with Crippen molar-refractivity contribution in [1.82, 2.24) is 4.98 Å². The van der Waals surface area contributed by atoms with Crippen LogP contribution in [0, 0.1) is 0 Å². The summed E-state index contributed by atoms with van der Waals surface area (Å²) >= 11 is 0. The van der Waals surface area contributed by atoms with Gasteiger partial charge in [-0.2, -0.15) is 0 Å². The van der Waals surface area contributed by atoms with Crippen molar-refractivity contribution in [3.8, 4) is 0 Å². The summed E-state index contributed by atoms with van der Waals surface area (Å²) in [5, 5.41) is 2.75. The molecule has 0 unspecified atom stereocenters. The van der Waals surface area contributed by atoms with E-state index in [1.165, 1.54) is 6.39 Å². The van der Waals surface area contributed by atoms with Crippen LogP contribution >= 0.6 is 0 Å². The number of anilines is 1. The normalized spacial score (nSPS) is 10.4. The summed E-state index contributed by atoms with van der Waals surface area (Å²) in [6, 6.07) is 5.36. The lowest BCUT2D eigenvalue weighted by molar-refractivity contribution is -0.115. The Morgan fingerprint density at radius 2 is 2.43 bits per heavy atom. The van der Waals surface area contributed by atoms with Gasteiger partial charge in [-0.3, -0.25) is 4.79 Å². The number of oxazole rings is 1. The van der Waals surface area contributed by atoms with E-state index in [2.05, 4.69) is 10.3 Å². The van der Waals surface area contributed by atoms with Gasteiger partial charge < -0.3 is 9.73 Å². The molecule has 0 saturated carbocycles. The van der Waals surface area contributed by atoms with Crippen molar-refractivity contribution >= 4 is 22.7 Å². The Labute approximate surface area is 80.9 Å². The Morgan fingerprint density at radius 3 is 3.21 bits per heavy atom. The number of aromatic nitrogens is 1. The van der Waals surface area contributed by atoms with Crippen molar-refractivity contribution in [2.24, 2.45) is 0 Å². The fraction of sp³-hybridized carbons (Fsp3) is 0.200. The standard InChI is InChI=1S/C10H10N2O2/c1-2-10(13)12-7-3-4-9-8(5-7)11-6-14-9/h3-6H,2H2,1H3,(H,12,13). The monoisotopic (exact) mass is 190 g/mol. The number of carbonyl (C=O) groups is 1. The van der Waals surface area contributed by atoms with E-state index in [1.54, 1.807) is 18.2 Å². The molecule has 1 aromatic heterocycles. The second-order valence-corrected chi connectivity index (χ2v) is 2.94. The molecular weight excluding hydrogens is 180 g/mol. The Bertz CT molecular complexity index is 462. The van der Waals surface area contributed by atoms with Crippen molar-refractivity contribution in [3.05, 3.63) is 24.6 Å². The number of nitrogens with zero attached hydrogens (tertiary/aromatic N) is 1. The topological polar surface area (TPSA) is 55.1 Å². The molecule has 0 aliphatic rings. The van der Waals surface area contributed by atoms with Crippen molar-refractivity contribution in [3.63, 3.8) is 0 Å². The van der Waals surface area contributed by atoms with Gasteiger partial charge in [0.05, 0.1) is 0 Å². The van der Waals surface area contributed by atoms with Gasteiger partial charge in [-0.25, -0.2) is 4.98 Å². The first kappa shape index (κ1) is 8.74. The molecule has 1 amide bonds. The number of benzene rings is 1. The highest BCUT2D eigenvalue weighted by molar-refractivity contribution is 5.92. The van der Waals surface area contributed by atoms with E-state index in [9.17, 15) is 4.79 Å². The average Bonchev–Trinajstić information content (AvgIpc) is 2.64. The summed E-state index contributed by atoms with van der Waals surface area (Å²) in [5.74, 6) is -0.00663. The minimum Gasteiger partial charge on any atom is -0.443 e. The van der Waals surface area contributed by atoms with E-state index < -0.39 is 0 Å². The molecule has 14 heavy (non-hydrogen) atoms. The van der Waals surface area contributed by atoms with Crippen molar-refractivity contribution in [2.75, 3.05) is 5.32 Å². The summed E-state index contributed by atoms with van der Waals surface area (Å²) in [6.45, 7) is 1.81. The second-order valence-electron chi connectivity index (χ2n) is 2.94. The number of fused-ring (bicyclic) bond motifs is 1. The molecule has 1 aromatic carbocycles. The van der Waals surface area contributed by atoms with Gasteiger partial charge in [-0.05, 0) is 18.2 Å². The summed E-state index contributed by atoms with van der Waals surface area (Å²) in [5.41, 5.74) is 2.22. The van der Waals surface area contributed by atoms with E-state index in [0.717, 1.165) is 16.8 Å². The minimum atomic E-state index is -0.00663. The van der Waals surface area contributed by atoms with Crippen LogP contribution in [-0.2, 0) is 4.79 Å². The quantitative estimate of drug-likeness (QED) is 0.789. The molecule has 4 nitrogen and oxygen atoms in total. The van der Waals surface area contributed by atoms with Gasteiger partial charge in [0.15, 0.2) is 12.0 Å². The van der Waals surface area contributed by atoms with Gasteiger partial charge in [-0.15, -0.1) is 0 Å². The number of hydrogen-bond acceptors (Lipinski definition) is 3. The molecule has 4 heteroatoms. The molecule has 1 N–H and O–H groups in total. The van der Waals surface area contributed by atoms with Gasteiger partial charge >= 0.3 is 0 Å². The first-order chi connectivity index (χ1) is 6.79. The minimum absolute atomic E-state index is 0.00663. The third-order valence-electron chi connectivity index (χ3n) is 1.94. The molecule has 0 radical (unpaired) electrons. The van der Waals surface area contributed by atoms with Crippen LogP contribution in [0.25, 0.3) is 11.1 Å². The predicted octanol–water partition coefficient (Wildman–Crippen LogP) is 2.18. The van der Waals surface area contributed by atoms with Crippen molar-refractivity contribution in [1.29, 1.82) is 0 Å². The molecular formula is C10H10N2O2. The Hall–Kier alpha value is -1.84. The lowest BCUT2D eigenvalue weighted by Crippen LogP contribution is -2.08. The molecule has 72 valence electrons. The fourth-order valence-electron chi connectivity index (χ4n) is 1.18. The smallest absolute Gasteiger partial charge is 0.224 e. The third kappa shape index (κ3) is 1.59. The highest BCUT2D eigenvalue weighted by atomic mass is 16.3. The number of nitrogens with one attached hydrogen (secondary N) is 1. The molecule has 0 atom stereocenters. The SMILES string of the molecule is CCC(=O)Nc1ccc2ocnc2c1. The summed E-state index contributed by atoms with van der Waals surface area (Å²) in [6.07, 6.45) is 1.85. The number of carbonyl (C=O) groups excluding carboxylic acids is 1. The lowest BCUT2D eigenvalue weighted by Gasteiger charge is -2.01. The maximum absolute atomic E-state index is 11.1. The highest BCUT2D eigenvalue weighted by Gasteiger charge is 2.02. The Morgan fingerprint density at radius 1 is 1.57 bits per heavy atom. The number of hydrogen-bond donors (Lipinski definition) is 1. The Balaban J connectivity index is 2.30. The fourth-order valence-corrected chi connectivity index (χ4v) is 1.18.